The Kier molecular flexibility index (Phi) is 8.03. The van der Waals surface area contributed by atoms with Gasteiger partial charge in [-0.2, -0.15) is 5.10 Å². The van der Waals surface area contributed by atoms with Gasteiger partial charge in [0.2, 0.25) is 5.91 Å². The molecule has 4 aromatic rings. The monoisotopic (exact) mass is 561 g/mol. The number of rotatable bonds is 9. The van der Waals surface area contributed by atoms with Crippen LogP contribution in [0.2, 0.25) is 0 Å². The fraction of sp³-hybridized carbons (Fsp3) is 0.483. The second-order valence-corrected chi connectivity index (χ2v) is 11.6. The van der Waals surface area contributed by atoms with Gasteiger partial charge in [0.1, 0.15) is 5.78 Å². The van der Waals surface area contributed by atoms with Crippen LogP contribution in [-0.2, 0) is 20.9 Å². The highest BCUT2D eigenvalue weighted by atomic mass is 32.1. The number of nitrogens with one attached hydrogen (secondary N) is 1. The lowest BCUT2D eigenvalue weighted by molar-refractivity contribution is -0.134. The van der Waals surface area contributed by atoms with Crippen molar-refractivity contribution in [2.45, 2.75) is 39.2 Å². The molecule has 6 rings (SSSR count). The fourth-order valence-electron chi connectivity index (χ4n) is 5.50. The zero-order valence-corrected chi connectivity index (χ0v) is 23.7. The van der Waals surface area contributed by atoms with Crippen molar-refractivity contribution in [2.24, 2.45) is 0 Å². The minimum atomic E-state index is 0.0940. The average Bonchev–Trinajstić information content (AvgIpc) is 3.63. The number of morpholine rings is 1. The highest BCUT2D eigenvalue weighted by Gasteiger charge is 2.24. The molecule has 1 N–H and O–H groups in total. The third-order valence-corrected chi connectivity index (χ3v) is 8.80. The van der Waals surface area contributed by atoms with E-state index in [0.29, 0.717) is 51.4 Å². The van der Waals surface area contributed by atoms with E-state index in [0.717, 1.165) is 71.6 Å². The number of ether oxygens (including phenoxy) is 1. The van der Waals surface area contributed by atoms with Crippen LogP contribution in [0.25, 0.3) is 32.5 Å². The topological polar surface area (TPSA) is 108 Å². The van der Waals surface area contributed by atoms with E-state index >= 15 is 0 Å². The van der Waals surface area contributed by atoms with E-state index < -0.39 is 0 Å². The number of carbonyl (C=O) groups is 2. The first-order valence-corrected chi connectivity index (χ1v) is 15.0. The number of hydrogen-bond acceptors (Lipinski definition) is 9. The van der Waals surface area contributed by atoms with Crippen molar-refractivity contribution in [1.82, 2.24) is 30.0 Å². The molecule has 2 aliphatic heterocycles. The summed E-state index contributed by atoms with van der Waals surface area (Å²) in [6.07, 6.45) is 3.92. The summed E-state index contributed by atoms with van der Waals surface area (Å²) in [6.45, 7) is 8.81. The van der Waals surface area contributed by atoms with E-state index in [9.17, 15) is 9.59 Å². The number of Topliss-reactive ketones (excluding diaryl/α,β-unsaturated/α-hetero) is 1. The first-order valence-electron chi connectivity index (χ1n) is 14.2. The van der Waals surface area contributed by atoms with Crippen LogP contribution in [0.1, 0.15) is 37.5 Å². The van der Waals surface area contributed by atoms with E-state index in [1.165, 1.54) is 4.88 Å². The molecule has 3 aromatic heterocycles. The Labute approximate surface area is 237 Å². The van der Waals surface area contributed by atoms with Gasteiger partial charge < -0.3 is 14.5 Å². The van der Waals surface area contributed by atoms with Crippen LogP contribution in [0.5, 0.6) is 0 Å². The van der Waals surface area contributed by atoms with Crippen molar-refractivity contribution in [3.05, 3.63) is 35.3 Å². The van der Waals surface area contributed by atoms with E-state index in [4.69, 9.17) is 14.7 Å². The highest BCUT2D eigenvalue weighted by molar-refractivity contribution is 7.19. The van der Waals surface area contributed by atoms with Gasteiger partial charge in [-0.05, 0) is 18.6 Å². The summed E-state index contributed by atoms with van der Waals surface area (Å²) in [5.41, 5.74) is 2.88. The standard InChI is InChI=1S/C29H35N7O3S/c1-2-4-20(37)7-8-26(38)35-11-9-34(10-12-35)19-21-17-25-27(40-21)29(36-13-15-39-16-14-36)32-28(31-25)22-5-3-6-24-23(22)18-30-33-24/h3,5-6,17-18H,2,4,7-16,19H2,1H3,(H,30,33). The zero-order chi connectivity index (χ0) is 27.5. The fourth-order valence-corrected chi connectivity index (χ4v) is 6.65. The lowest BCUT2D eigenvalue weighted by atomic mass is 10.1. The molecule has 0 bridgehead atoms. The van der Waals surface area contributed by atoms with E-state index in [-0.39, 0.29) is 11.7 Å². The molecule has 0 spiro atoms. The number of thiophene rings is 1. The molecule has 5 heterocycles. The average molecular weight is 562 g/mol. The molecule has 10 nitrogen and oxygen atoms in total. The van der Waals surface area contributed by atoms with Gasteiger partial charge in [0.05, 0.1) is 35.1 Å². The second-order valence-electron chi connectivity index (χ2n) is 10.5. The van der Waals surface area contributed by atoms with Crippen LogP contribution in [-0.4, -0.2) is 94.1 Å². The van der Waals surface area contributed by atoms with Crippen LogP contribution >= 0.6 is 11.3 Å². The first kappa shape index (κ1) is 26.8. The molecule has 0 atom stereocenters. The number of benzene rings is 1. The molecule has 40 heavy (non-hydrogen) atoms. The Bertz CT molecular complexity index is 1500. The number of aromatic amines is 1. The predicted octanol–water partition coefficient (Wildman–Crippen LogP) is 3.86. The largest absolute Gasteiger partial charge is 0.378 e. The summed E-state index contributed by atoms with van der Waals surface area (Å²) in [6, 6.07) is 8.26. The second kappa shape index (κ2) is 12.0. The number of aromatic nitrogens is 4. The Morgan fingerprint density at radius 3 is 2.65 bits per heavy atom. The van der Waals surface area contributed by atoms with Crippen molar-refractivity contribution < 1.29 is 14.3 Å². The third-order valence-electron chi connectivity index (χ3n) is 7.69. The molecule has 0 aliphatic carbocycles. The van der Waals surface area contributed by atoms with Gasteiger partial charge in [-0.25, -0.2) is 9.97 Å². The molecule has 11 heteroatoms. The number of nitrogens with zero attached hydrogens (tertiary/aromatic N) is 6. The van der Waals surface area contributed by atoms with Crippen LogP contribution in [0.15, 0.2) is 30.5 Å². The normalized spacial score (nSPS) is 16.7. The third kappa shape index (κ3) is 5.72. The molecule has 1 amide bonds. The van der Waals surface area contributed by atoms with Gasteiger partial charge in [0.15, 0.2) is 11.6 Å². The van der Waals surface area contributed by atoms with Crippen molar-refractivity contribution in [1.29, 1.82) is 0 Å². The molecule has 2 aliphatic rings. The molecule has 0 radical (unpaired) electrons. The van der Waals surface area contributed by atoms with Crippen molar-refractivity contribution >= 4 is 50.0 Å². The van der Waals surface area contributed by atoms with Gasteiger partial charge in [-0.15, -0.1) is 11.3 Å². The van der Waals surface area contributed by atoms with E-state index in [2.05, 4.69) is 32.1 Å². The maximum Gasteiger partial charge on any atom is 0.223 e. The molecule has 0 saturated carbocycles. The quantitative estimate of drug-likeness (QED) is 0.328. The van der Waals surface area contributed by atoms with Gasteiger partial charge in [-0.3, -0.25) is 19.6 Å². The molecule has 210 valence electrons. The number of ketones is 1. The van der Waals surface area contributed by atoms with Gasteiger partial charge >= 0.3 is 0 Å². The summed E-state index contributed by atoms with van der Waals surface area (Å²) in [7, 11) is 0. The molecule has 1 aromatic carbocycles. The highest BCUT2D eigenvalue weighted by Crippen LogP contribution is 2.36. The van der Waals surface area contributed by atoms with Crippen LogP contribution in [0, 0.1) is 0 Å². The lowest BCUT2D eigenvalue weighted by Crippen LogP contribution is -2.48. The Morgan fingerprint density at radius 1 is 1.02 bits per heavy atom. The first-order chi connectivity index (χ1) is 19.6. The van der Waals surface area contributed by atoms with Gasteiger partial charge in [0.25, 0.3) is 0 Å². The predicted molar refractivity (Wildman–Crippen MR) is 157 cm³/mol. The SMILES string of the molecule is CCCC(=O)CCC(=O)N1CCN(Cc2cc3nc(-c4cccc5[nH]ncc45)nc(N4CCOCC4)c3s2)CC1. The number of amides is 1. The maximum atomic E-state index is 12.6. The smallest absolute Gasteiger partial charge is 0.223 e. The van der Waals surface area contributed by atoms with Crippen LogP contribution in [0.4, 0.5) is 5.82 Å². The summed E-state index contributed by atoms with van der Waals surface area (Å²) in [4.78, 5) is 42.4. The van der Waals surface area contributed by atoms with Gasteiger partial charge in [0, 0.05) is 80.9 Å². The minimum Gasteiger partial charge on any atom is -0.378 e. The maximum absolute atomic E-state index is 12.6. The van der Waals surface area contributed by atoms with Crippen molar-refractivity contribution in [3.63, 3.8) is 0 Å². The van der Waals surface area contributed by atoms with Crippen molar-refractivity contribution in [2.75, 3.05) is 57.4 Å². The number of anilines is 1. The molecule has 2 fully saturated rings. The lowest BCUT2D eigenvalue weighted by Gasteiger charge is -2.34. The summed E-state index contributed by atoms with van der Waals surface area (Å²) < 4.78 is 6.72. The minimum absolute atomic E-state index is 0.0940. The van der Waals surface area contributed by atoms with E-state index in [1.807, 2.05) is 30.2 Å². The number of hydrogen-bond donors (Lipinski definition) is 1. The molecular formula is C29H35N7O3S. The number of piperazine rings is 1. The van der Waals surface area contributed by atoms with Crippen LogP contribution < -0.4 is 4.90 Å². The zero-order valence-electron chi connectivity index (χ0n) is 22.9. The summed E-state index contributed by atoms with van der Waals surface area (Å²) in [5.74, 6) is 1.95. The summed E-state index contributed by atoms with van der Waals surface area (Å²) in [5, 5.41) is 8.28. The molecule has 2 saturated heterocycles. The van der Waals surface area contributed by atoms with Gasteiger partial charge in [-0.1, -0.05) is 19.1 Å². The van der Waals surface area contributed by atoms with Crippen LogP contribution in [0.3, 0.4) is 0 Å². The Morgan fingerprint density at radius 2 is 1.85 bits per heavy atom. The Balaban J connectivity index is 1.20. The van der Waals surface area contributed by atoms with Crippen molar-refractivity contribution in [3.8, 4) is 11.4 Å². The molecule has 0 unspecified atom stereocenters. The van der Waals surface area contributed by atoms with E-state index in [1.54, 1.807) is 11.3 Å². The number of fused-ring (bicyclic) bond motifs is 2. The number of H-pyrrole nitrogens is 1. The molecular weight excluding hydrogens is 526 g/mol. The Hall–Kier alpha value is -3.41. The summed E-state index contributed by atoms with van der Waals surface area (Å²) >= 11 is 1.76. The number of carbonyl (C=O) groups excluding carboxylic acids is 2.